The van der Waals surface area contributed by atoms with Gasteiger partial charge in [0.2, 0.25) is 0 Å². The van der Waals surface area contributed by atoms with Gasteiger partial charge in [0.15, 0.2) is 6.20 Å². The van der Waals surface area contributed by atoms with Crippen LogP contribution in [0, 0.1) is 5.21 Å². The van der Waals surface area contributed by atoms with Gasteiger partial charge in [-0.2, -0.15) is 4.73 Å². The van der Waals surface area contributed by atoms with E-state index in [0.717, 1.165) is 29.0 Å². The van der Waals surface area contributed by atoms with Gasteiger partial charge in [-0.15, -0.1) is 0 Å². The molecule has 0 N–H and O–H groups in total. The van der Waals surface area contributed by atoms with Gasteiger partial charge in [-0.3, -0.25) is 0 Å². The highest BCUT2D eigenvalue weighted by Gasteiger charge is 2.17. The van der Waals surface area contributed by atoms with Crippen LogP contribution in [0.4, 0.5) is 0 Å². The predicted molar refractivity (Wildman–Crippen MR) is 118 cm³/mol. The third-order valence-corrected chi connectivity index (χ3v) is 6.19. The molecular weight excluding hydrogens is 364 g/mol. The average Bonchev–Trinajstić information content (AvgIpc) is 2.71. The van der Waals surface area contributed by atoms with Crippen LogP contribution >= 0.6 is 11.8 Å². The van der Waals surface area contributed by atoms with Crippen molar-refractivity contribution in [1.82, 2.24) is 4.90 Å². The summed E-state index contributed by atoms with van der Waals surface area (Å²) in [6.45, 7) is 1.07. The molecule has 0 unspecified atom stereocenters. The number of hydrogen-bond acceptors (Lipinski definition) is 3. The summed E-state index contributed by atoms with van der Waals surface area (Å²) < 4.78 is 0.944. The molecule has 142 valence electrons. The molecule has 0 spiro atoms. The first kappa shape index (κ1) is 18.8. The second-order valence-corrected chi connectivity index (χ2v) is 8.30. The fourth-order valence-corrected chi connectivity index (χ4v) is 4.81. The molecule has 0 radical (unpaired) electrons. The lowest BCUT2D eigenvalue weighted by atomic mass is 9.94. The normalized spacial score (nSPS) is 11.5. The molecule has 0 saturated carbocycles. The fraction of sp³-hybridized carbons (Fsp3) is 0.208. The zero-order chi connectivity index (χ0) is 19.5. The Bertz CT molecular complexity index is 1070. The smallest absolute Gasteiger partial charge is 0.256 e. The van der Waals surface area contributed by atoms with Crippen LogP contribution in [-0.4, -0.2) is 25.5 Å². The van der Waals surface area contributed by atoms with Crippen LogP contribution in [-0.2, 0) is 6.42 Å². The van der Waals surface area contributed by atoms with Crippen LogP contribution < -0.4 is 4.73 Å². The summed E-state index contributed by atoms with van der Waals surface area (Å²) >= 11 is 1.55. The van der Waals surface area contributed by atoms with Gasteiger partial charge in [0.05, 0.1) is 0 Å². The van der Waals surface area contributed by atoms with Crippen LogP contribution in [0.1, 0.15) is 12.0 Å². The number of pyridine rings is 1. The van der Waals surface area contributed by atoms with Gasteiger partial charge in [0, 0.05) is 17.0 Å². The Labute approximate surface area is 170 Å². The van der Waals surface area contributed by atoms with E-state index < -0.39 is 0 Å². The van der Waals surface area contributed by atoms with Crippen molar-refractivity contribution in [3.63, 3.8) is 0 Å². The molecule has 0 bridgehead atoms. The Morgan fingerprint density at radius 2 is 1.39 bits per heavy atom. The molecule has 1 aromatic heterocycles. The van der Waals surface area contributed by atoms with E-state index in [0.29, 0.717) is 5.03 Å². The minimum atomic E-state index is 0.693. The van der Waals surface area contributed by atoms with Crippen LogP contribution in [0.25, 0.3) is 21.5 Å². The van der Waals surface area contributed by atoms with Crippen molar-refractivity contribution in [2.24, 2.45) is 0 Å². The van der Waals surface area contributed by atoms with Crippen molar-refractivity contribution < 1.29 is 4.73 Å². The molecule has 0 aliphatic heterocycles. The third-order valence-electron chi connectivity index (χ3n) is 5.02. The fourth-order valence-electron chi connectivity index (χ4n) is 3.73. The van der Waals surface area contributed by atoms with E-state index in [1.807, 2.05) is 12.1 Å². The Morgan fingerprint density at radius 1 is 0.821 bits per heavy atom. The van der Waals surface area contributed by atoms with Crippen molar-refractivity contribution in [1.29, 1.82) is 0 Å². The molecule has 0 fully saturated rings. The SMILES string of the molecule is CN(C)CCCc1c2ccccc2c(Sc2cccc[n+]2[O-])c2ccccc12. The summed E-state index contributed by atoms with van der Waals surface area (Å²) in [6.07, 6.45) is 3.71. The number of benzene rings is 3. The molecule has 0 atom stereocenters. The van der Waals surface area contributed by atoms with E-state index >= 15 is 0 Å². The van der Waals surface area contributed by atoms with Crippen molar-refractivity contribution in [3.8, 4) is 0 Å². The molecule has 4 heteroatoms. The van der Waals surface area contributed by atoms with Crippen molar-refractivity contribution in [3.05, 3.63) is 83.7 Å². The predicted octanol–water partition coefficient (Wildman–Crippen LogP) is 5.27. The van der Waals surface area contributed by atoms with Gasteiger partial charge in [0.25, 0.3) is 5.03 Å². The molecule has 0 aliphatic rings. The Morgan fingerprint density at radius 3 is 1.96 bits per heavy atom. The highest BCUT2D eigenvalue weighted by Crippen LogP contribution is 2.41. The molecule has 0 amide bonds. The summed E-state index contributed by atoms with van der Waals surface area (Å²) in [7, 11) is 4.24. The maximum Gasteiger partial charge on any atom is 0.256 e. The number of fused-ring (bicyclic) bond motifs is 2. The average molecular weight is 389 g/mol. The number of aromatic nitrogens is 1. The Balaban J connectivity index is 1.91. The lowest BCUT2D eigenvalue weighted by Crippen LogP contribution is -2.27. The Hall–Kier alpha value is -2.56. The number of nitrogens with zero attached hydrogens (tertiary/aromatic N) is 2. The monoisotopic (exact) mass is 388 g/mol. The first-order valence-electron chi connectivity index (χ1n) is 9.58. The van der Waals surface area contributed by atoms with Crippen LogP contribution in [0.5, 0.6) is 0 Å². The summed E-state index contributed by atoms with van der Waals surface area (Å²) in [6, 6.07) is 22.7. The molecule has 1 heterocycles. The molecule has 4 aromatic rings. The second kappa shape index (κ2) is 8.21. The Kier molecular flexibility index (Phi) is 5.51. The largest absolute Gasteiger partial charge is 0.618 e. The van der Waals surface area contributed by atoms with Gasteiger partial charge < -0.3 is 10.1 Å². The quantitative estimate of drug-likeness (QED) is 0.256. The summed E-state index contributed by atoms with van der Waals surface area (Å²) in [5, 5.41) is 18.0. The molecule has 0 saturated heterocycles. The molecule has 4 rings (SSSR count). The molecule has 28 heavy (non-hydrogen) atoms. The highest BCUT2D eigenvalue weighted by molar-refractivity contribution is 7.99. The van der Waals surface area contributed by atoms with Gasteiger partial charge in [-0.25, -0.2) is 0 Å². The van der Waals surface area contributed by atoms with Gasteiger partial charge in [-0.1, -0.05) is 48.5 Å². The van der Waals surface area contributed by atoms with Gasteiger partial charge >= 0.3 is 0 Å². The molecule has 0 aliphatic carbocycles. The zero-order valence-corrected chi connectivity index (χ0v) is 17.1. The standard InChI is InChI=1S/C24H24N2OS/c1-25(2)16-9-14-18-19-10-3-5-12-21(19)24(22-13-6-4-11-20(18)22)28-23-15-7-8-17-26(23)27/h3-8,10-13,15,17H,9,14,16H2,1-2H3. The van der Waals surface area contributed by atoms with Crippen LogP contribution in [0.2, 0.25) is 0 Å². The maximum atomic E-state index is 12.3. The topological polar surface area (TPSA) is 30.2 Å². The zero-order valence-electron chi connectivity index (χ0n) is 16.3. The van der Waals surface area contributed by atoms with Gasteiger partial charge in [0.1, 0.15) is 0 Å². The summed E-state index contributed by atoms with van der Waals surface area (Å²) in [5.41, 5.74) is 1.40. The first-order valence-corrected chi connectivity index (χ1v) is 10.4. The van der Waals surface area contributed by atoms with E-state index in [4.69, 9.17) is 0 Å². The van der Waals surface area contributed by atoms with Crippen molar-refractivity contribution >= 4 is 33.3 Å². The maximum absolute atomic E-state index is 12.3. The van der Waals surface area contributed by atoms with E-state index in [1.54, 1.807) is 24.0 Å². The first-order chi connectivity index (χ1) is 13.6. The third kappa shape index (κ3) is 3.71. The van der Waals surface area contributed by atoms with E-state index in [9.17, 15) is 5.21 Å². The van der Waals surface area contributed by atoms with Crippen LogP contribution in [0.3, 0.4) is 0 Å². The van der Waals surface area contributed by atoms with E-state index in [2.05, 4.69) is 67.5 Å². The van der Waals surface area contributed by atoms with E-state index in [-0.39, 0.29) is 0 Å². The minimum absolute atomic E-state index is 0.693. The lowest BCUT2D eigenvalue weighted by Gasteiger charge is -2.17. The molecule has 3 nitrogen and oxygen atoms in total. The molecular formula is C24H24N2OS. The number of hydrogen-bond donors (Lipinski definition) is 0. The van der Waals surface area contributed by atoms with Gasteiger partial charge in [-0.05, 0) is 78.4 Å². The number of rotatable bonds is 6. The minimum Gasteiger partial charge on any atom is -0.618 e. The van der Waals surface area contributed by atoms with Crippen molar-refractivity contribution in [2.75, 3.05) is 20.6 Å². The van der Waals surface area contributed by atoms with Crippen LogP contribution in [0.15, 0.2) is 82.8 Å². The second-order valence-electron chi connectivity index (χ2n) is 7.27. The highest BCUT2D eigenvalue weighted by atomic mass is 32.2. The summed E-state index contributed by atoms with van der Waals surface area (Å²) in [5.74, 6) is 0. The van der Waals surface area contributed by atoms with E-state index in [1.165, 1.54) is 27.1 Å². The lowest BCUT2D eigenvalue weighted by molar-refractivity contribution is -0.645. The van der Waals surface area contributed by atoms with Crippen molar-refractivity contribution in [2.45, 2.75) is 22.8 Å². The molecule has 3 aromatic carbocycles. The number of aryl methyl sites for hydroxylation is 1. The summed E-state index contributed by atoms with van der Waals surface area (Å²) in [4.78, 5) is 3.38.